The molecule has 0 aliphatic rings. The van der Waals surface area contributed by atoms with E-state index in [2.05, 4.69) is 13.8 Å². The lowest BCUT2D eigenvalue weighted by molar-refractivity contribution is -0.132. The smallest absolute Gasteiger partial charge is 0.333 e. The van der Waals surface area contributed by atoms with Gasteiger partial charge in [0.25, 0.3) is 0 Å². The highest BCUT2D eigenvalue weighted by Gasteiger charge is 2.06. The summed E-state index contributed by atoms with van der Waals surface area (Å²) in [7, 11) is 0. The summed E-state index contributed by atoms with van der Waals surface area (Å²) in [5, 5.41) is 8.54. The molecule has 0 saturated carbocycles. The van der Waals surface area contributed by atoms with Crippen LogP contribution in [0.4, 0.5) is 0 Å². The minimum Gasteiger partial charge on any atom is -0.478 e. The van der Waals surface area contributed by atoms with Gasteiger partial charge in [-0.05, 0) is 18.8 Å². The van der Waals surface area contributed by atoms with Crippen LogP contribution in [0.5, 0.6) is 0 Å². The predicted molar refractivity (Wildman–Crippen MR) is 44.0 cm³/mol. The lowest BCUT2D eigenvalue weighted by Gasteiger charge is -2.03. The van der Waals surface area contributed by atoms with E-state index in [1.165, 1.54) is 6.20 Å². The van der Waals surface area contributed by atoms with Gasteiger partial charge >= 0.3 is 5.97 Å². The molecule has 0 saturated heterocycles. The molecule has 0 aromatic heterocycles. The first-order valence-corrected chi connectivity index (χ1v) is 3.72. The number of nitrogens with two attached hydrogens (primary N) is 1. The Kier molecular flexibility index (Phi) is 4.34. The first-order valence-electron chi connectivity index (χ1n) is 3.72. The summed E-state index contributed by atoms with van der Waals surface area (Å²) in [5.41, 5.74) is 5.42. The van der Waals surface area contributed by atoms with E-state index in [4.69, 9.17) is 10.8 Å². The number of rotatable bonds is 4. The zero-order valence-electron chi connectivity index (χ0n) is 7.00. The van der Waals surface area contributed by atoms with Crippen LogP contribution in [0.2, 0.25) is 0 Å². The SMILES string of the molecule is CC(C)CCC(=CN)C(=O)O. The first kappa shape index (κ1) is 10.0. The highest BCUT2D eigenvalue weighted by molar-refractivity contribution is 5.86. The zero-order chi connectivity index (χ0) is 8.85. The quantitative estimate of drug-likeness (QED) is 0.605. The lowest BCUT2D eigenvalue weighted by Crippen LogP contribution is -2.04. The minimum atomic E-state index is -0.909. The highest BCUT2D eigenvalue weighted by Crippen LogP contribution is 2.10. The van der Waals surface area contributed by atoms with E-state index in [1.807, 2.05) is 0 Å². The highest BCUT2D eigenvalue weighted by atomic mass is 16.4. The predicted octanol–water partition coefficient (Wildman–Crippen LogP) is 1.35. The summed E-state index contributed by atoms with van der Waals surface area (Å²) in [6.07, 6.45) is 2.60. The molecule has 0 bridgehead atoms. The molecule has 0 unspecified atom stereocenters. The maximum Gasteiger partial charge on any atom is 0.333 e. The van der Waals surface area contributed by atoms with Crippen molar-refractivity contribution in [2.24, 2.45) is 11.7 Å². The number of hydrogen-bond donors (Lipinski definition) is 2. The number of carboxylic acids is 1. The maximum absolute atomic E-state index is 10.4. The standard InChI is InChI=1S/C8H15NO2/c1-6(2)3-4-7(5-9)8(10)11/h5-6H,3-4,9H2,1-2H3,(H,10,11). The molecule has 11 heavy (non-hydrogen) atoms. The Hall–Kier alpha value is -0.990. The molecule has 0 rings (SSSR count). The number of carbonyl (C=O) groups is 1. The van der Waals surface area contributed by atoms with Gasteiger partial charge in [-0.2, -0.15) is 0 Å². The fourth-order valence-electron chi connectivity index (χ4n) is 0.706. The second kappa shape index (κ2) is 4.77. The van der Waals surface area contributed by atoms with Gasteiger partial charge in [-0.25, -0.2) is 4.79 Å². The number of hydrogen-bond acceptors (Lipinski definition) is 2. The van der Waals surface area contributed by atoms with Gasteiger partial charge in [0.1, 0.15) is 0 Å². The minimum absolute atomic E-state index is 0.304. The Balaban J connectivity index is 3.82. The van der Waals surface area contributed by atoms with Crippen molar-refractivity contribution in [3.63, 3.8) is 0 Å². The van der Waals surface area contributed by atoms with Crippen molar-refractivity contribution >= 4 is 5.97 Å². The molecule has 0 heterocycles. The Labute approximate surface area is 66.9 Å². The van der Waals surface area contributed by atoms with E-state index in [0.717, 1.165) is 6.42 Å². The second-order valence-corrected chi connectivity index (χ2v) is 2.93. The Morgan fingerprint density at radius 1 is 1.64 bits per heavy atom. The van der Waals surface area contributed by atoms with Crippen molar-refractivity contribution in [3.05, 3.63) is 11.8 Å². The van der Waals surface area contributed by atoms with Crippen molar-refractivity contribution in [1.82, 2.24) is 0 Å². The molecule has 0 aliphatic heterocycles. The summed E-state index contributed by atoms with van der Waals surface area (Å²) in [6, 6.07) is 0. The van der Waals surface area contributed by atoms with Crippen molar-refractivity contribution in [3.8, 4) is 0 Å². The van der Waals surface area contributed by atoms with E-state index in [-0.39, 0.29) is 0 Å². The van der Waals surface area contributed by atoms with Crippen LogP contribution in [0.15, 0.2) is 11.8 Å². The van der Waals surface area contributed by atoms with Crippen molar-refractivity contribution in [2.75, 3.05) is 0 Å². The lowest BCUT2D eigenvalue weighted by atomic mass is 10.0. The van der Waals surface area contributed by atoms with Gasteiger partial charge in [0.2, 0.25) is 0 Å². The van der Waals surface area contributed by atoms with Crippen LogP contribution in [0, 0.1) is 5.92 Å². The van der Waals surface area contributed by atoms with Gasteiger partial charge in [0.05, 0.1) is 5.57 Å². The van der Waals surface area contributed by atoms with Gasteiger partial charge in [-0.15, -0.1) is 0 Å². The molecule has 0 aromatic carbocycles. The Bertz CT molecular complexity index is 161. The summed E-state index contributed by atoms with van der Waals surface area (Å²) in [4.78, 5) is 10.4. The van der Waals surface area contributed by atoms with Crippen LogP contribution in [-0.4, -0.2) is 11.1 Å². The van der Waals surface area contributed by atoms with E-state index >= 15 is 0 Å². The maximum atomic E-state index is 10.4. The molecule has 3 N–H and O–H groups in total. The third-order valence-electron chi connectivity index (χ3n) is 1.47. The number of aliphatic carboxylic acids is 1. The van der Waals surface area contributed by atoms with E-state index < -0.39 is 5.97 Å². The van der Waals surface area contributed by atoms with Crippen LogP contribution < -0.4 is 5.73 Å². The molecule has 3 heteroatoms. The van der Waals surface area contributed by atoms with E-state index in [1.54, 1.807) is 0 Å². The van der Waals surface area contributed by atoms with Gasteiger partial charge in [0, 0.05) is 6.20 Å². The van der Waals surface area contributed by atoms with E-state index in [9.17, 15) is 4.79 Å². The molecule has 3 nitrogen and oxygen atoms in total. The number of carboxylic acid groups (broad SMARTS) is 1. The molecule has 64 valence electrons. The summed E-state index contributed by atoms with van der Waals surface area (Å²) >= 11 is 0. The summed E-state index contributed by atoms with van der Waals surface area (Å²) < 4.78 is 0. The Morgan fingerprint density at radius 3 is 2.45 bits per heavy atom. The molecular formula is C8H15NO2. The average Bonchev–Trinajstić information content (AvgIpc) is 1.87. The monoisotopic (exact) mass is 157 g/mol. The Morgan fingerprint density at radius 2 is 2.18 bits per heavy atom. The third kappa shape index (κ3) is 4.42. The van der Waals surface area contributed by atoms with Gasteiger partial charge in [0.15, 0.2) is 0 Å². The normalized spacial score (nSPS) is 12.1. The molecule has 0 aromatic rings. The fraction of sp³-hybridized carbons (Fsp3) is 0.625. The molecule has 0 spiro atoms. The molecule has 0 radical (unpaired) electrons. The van der Waals surface area contributed by atoms with E-state index in [0.29, 0.717) is 17.9 Å². The van der Waals surface area contributed by atoms with Gasteiger partial charge in [-0.3, -0.25) is 0 Å². The van der Waals surface area contributed by atoms with Crippen molar-refractivity contribution in [2.45, 2.75) is 26.7 Å². The average molecular weight is 157 g/mol. The van der Waals surface area contributed by atoms with Crippen LogP contribution in [0.1, 0.15) is 26.7 Å². The molecule has 0 aliphatic carbocycles. The molecule has 0 fully saturated rings. The third-order valence-corrected chi connectivity index (χ3v) is 1.47. The van der Waals surface area contributed by atoms with Crippen LogP contribution >= 0.6 is 0 Å². The van der Waals surface area contributed by atoms with Crippen LogP contribution in [-0.2, 0) is 4.79 Å². The van der Waals surface area contributed by atoms with Gasteiger partial charge < -0.3 is 10.8 Å². The summed E-state index contributed by atoms with van der Waals surface area (Å²) in [5.74, 6) is -0.391. The first-order chi connectivity index (χ1) is 5.07. The fourth-order valence-corrected chi connectivity index (χ4v) is 0.706. The van der Waals surface area contributed by atoms with Crippen LogP contribution in [0.3, 0.4) is 0 Å². The van der Waals surface area contributed by atoms with Crippen molar-refractivity contribution in [1.29, 1.82) is 0 Å². The summed E-state index contributed by atoms with van der Waals surface area (Å²) in [6.45, 7) is 4.10. The second-order valence-electron chi connectivity index (χ2n) is 2.93. The van der Waals surface area contributed by atoms with Crippen molar-refractivity contribution < 1.29 is 9.90 Å². The molecule has 0 atom stereocenters. The topological polar surface area (TPSA) is 63.3 Å². The van der Waals surface area contributed by atoms with Crippen LogP contribution in [0.25, 0.3) is 0 Å². The largest absolute Gasteiger partial charge is 0.478 e. The molecular weight excluding hydrogens is 142 g/mol. The molecule has 0 amide bonds. The zero-order valence-corrected chi connectivity index (χ0v) is 7.00. The van der Waals surface area contributed by atoms with Gasteiger partial charge in [-0.1, -0.05) is 13.8 Å².